The van der Waals surface area contributed by atoms with E-state index in [4.69, 9.17) is 4.74 Å². The predicted octanol–water partition coefficient (Wildman–Crippen LogP) is 3.23. The molecule has 6 nitrogen and oxygen atoms in total. The molecule has 1 saturated heterocycles. The third-order valence-electron chi connectivity index (χ3n) is 4.67. The Bertz CT molecular complexity index is 827. The molecule has 0 unspecified atom stereocenters. The molecule has 2 aromatic carbocycles. The summed E-state index contributed by atoms with van der Waals surface area (Å²) in [6.07, 6.45) is 1.22. The molecule has 27 heavy (non-hydrogen) atoms. The number of ether oxygens (including phenoxy) is 1. The molecule has 0 radical (unpaired) electrons. The minimum absolute atomic E-state index is 0.121. The maximum Gasteiger partial charge on any atom is 0.251 e. The largest absolute Gasteiger partial charge is 0.497 e. The SMILES string of the molecule is CC[C@H](NC(=O)c1ccc(N2C(=O)CCC2=O)cc1)c1ccc(OC)cc1. The number of rotatable bonds is 6. The fraction of sp³-hybridized carbons (Fsp3) is 0.286. The van der Waals surface area contributed by atoms with Gasteiger partial charge < -0.3 is 10.1 Å². The van der Waals surface area contributed by atoms with Gasteiger partial charge in [-0.1, -0.05) is 19.1 Å². The van der Waals surface area contributed by atoms with Crippen LogP contribution >= 0.6 is 0 Å². The summed E-state index contributed by atoms with van der Waals surface area (Å²) in [6, 6.07) is 14.0. The number of hydrogen-bond donors (Lipinski definition) is 1. The average Bonchev–Trinajstić information content (AvgIpc) is 3.04. The zero-order chi connectivity index (χ0) is 19.4. The highest BCUT2D eigenvalue weighted by atomic mass is 16.5. The number of nitrogens with one attached hydrogen (secondary N) is 1. The van der Waals surface area contributed by atoms with Crippen molar-refractivity contribution in [3.63, 3.8) is 0 Å². The van der Waals surface area contributed by atoms with E-state index in [1.54, 1.807) is 31.4 Å². The van der Waals surface area contributed by atoms with Crippen molar-refractivity contribution in [1.82, 2.24) is 5.32 Å². The lowest BCUT2D eigenvalue weighted by atomic mass is 10.0. The Morgan fingerprint density at radius 1 is 1.04 bits per heavy atom. The topological polar surface area (TPSA) is 75.7 Å². The van der Waals surface area contributed by atoms with Gasteiger partial charge in [-0.25, -0.2) is 0 Å². The molecular weight excluding hydrogens is 344 g/mol. The molecule has 0 bridgehead atoms. The van der Waals surface area contributed by atoms with Crippen molar-refractivity contribution in [3.05, 3.63) is 59.7 Å². The number of hydrogen-bond acceptors (Lipinski definition) is 4. The quantitative estimate of drug-likeness (QED) is 0.797. The highest BCUT2D eigenvalue weighted by Crippen LogP contribution is 2.24. The molecule has 0 aromatic heterocycles. The minimum Gasteiger partial charge on any atom is -0.497 e. The first-order valence-electron chi connectivity index (χ1n) is 8.94. The van der Waals surface area contributed by atoms with E-state index in [9.17, 15) is 14.4 Å². The van der Waals surface area contributed by atoms with E-state index < -0.39 is 0 Å². The molecule has 1 fully saturated rings. The molecule has 6 heteroatoms. The van der Waals surface area contributed by atoms with Gasteiger partial charge >= 0.3 is 0 Å². The molecular formula is C21H22N2O4. The van der Waals surface area contributed by atoms with Crippen molar-refractivity contribution >= 4 is 23.4 Å². The zero-order valence-corrected chi connectivity index (χ0v) is 15.4. The number of methoxy groups -OCH3 is 1. The highest BCUT2D eigenvalue weighted by molar-refractivity contribution is 6.19. The molecule has 1 heterocycles. The van der Waals surface area contributed by atoms with Gasteiger partial charge in [-0.05, 0) is 48.4 Å². The van der Waals surface area contributed by atoms with Crippen LogP contribution in [0.1, 0.15) is 48.1 Å². The van der Waals surface area contributed by atoms with Gasteiger partial charge in [0, 0.05) is 18.4 Å². The van der Waals surface area contributed by atoms with Crippen molar-refractivity contribution in [3.8, 4) is 5.75 Å². The van der Waals surface area contributed by atoms with Crippen LogP contribution in [-0.2, 0) is 9.59 Å². The Labute approximate surface area is 158 Å². The van der Waals surface area contributed by atoms with Crippen LogP contribution in [0, 0.1) is 0 Å². The first kappa shape index (κ1) is 18.6. The summed E-state index contributed by atoms with van der Waals surface area (Å²) in [6.45, 7) is 2.00. The number of carbonyl (C=O) groups is 3. The Morgan fingerprint density at radius 2 is 1.63 bits per heavy atom. The molecule has 0 aliphatic carbocycles. The summed E-state index contributed by atoms with van der Waals surface area (Å²) in [7, 11) is 1.61. The lowest BCUT2D eigenvalue weighted by molar-refractivity contribution is -0.121. The van der Waals surface area contributed by atoms with Crippen molar-refractivity contribution in [2.24, 2.45) is 0 Å². The second kappa shape index (κ2) is 8.03. The van der Waals surface area contributed by atoms with Crippen molar-refractivity contribution in [2.45, 2.75) is 32.2 Å². The standard InChI is InChI=1S/C21H22N2O4/c1-3-18(14-6-10-17(27-2)11-7-14)22-21(26)15-4-8-16(9-5-15)23-19(24)12-13-20(23)25/h4-11,18H,3,12-13H2,1-2H3,(H,22,26)/t18-/m0/s1. The molecule has 1 aliphatic heterocycles. The smallest absolute Gasteiger partial charge is 0.251 e. The maximum atomic E-state index is 12.6. The molecule has 0 spiro atoms. The van der Waals surface area contributed by atoms with Gasteiger partial charge in [0.2, 0.25) is 11.8 Å². The van der Waals surface area contributed by atoms with Gasteiger partial charge in [0.1, 0.15) is 5.75 Å². The first-order chi connectivity index (χ1) is 13.0. The van der Waals surface area contributed by atoms with Crippen LogP contribution in [0.25, 0.3) is 0 Å². The zero-order valence-electron chi connectivity index (χ0n) is 15.4. The summed E-state index contributed by atoms with van der Waals surface area (Å²) in [5.74, 6) is 0.148. The molecule has 140 valence electrons. The van der Waals surface area contributed by atoms with Gasteiger partial charge in [-0.2, -0.15) is 0 Å². The van der Waals surface area contributed by atoms with Crippen LogP contribution in [0.4, 0.5) is 5.69 Å². The highest BCUT2D eigenvalue weighted by Gasteiger charge is 2.30. The van der Waals surface area contributed by atoms with E-state index >= 15 is 0 Å². The van der Waals surface area contributed by atoms with Crippen LogP contribution < -0.4 is 15.0 Å². The monoisotopic (exact) mass is 366 g/mol. The summed E-state index contributed by atoms with van der Waals surface area (Å²) in [5.41, 5.74) is 1.97. The van der Waals surface area contributed by atoms with Gasteiger partial charge in [0.25, 0.3) is 5.91 Å². The molecule has 3 rings (SSSR count). The first-order valence-corrected chi connectivity index (χ1v) is 8.94. The van der Waals surface area contributed by atoms with Gasteiger partial charge in [0.05, 0.1) is 18.8 Å². The number of imide groups is 1. The Morgan fingerprint density at radius 3 is 2.15 bits per heavy atom. The van der Waals surface area contributed by atoms with Gasteiger partial charge in [-0.3, -0.25) is 19.3 Å². The van der Waals surface area contributed by atoms with E-state index in [1.165, 1.54) is 4.90 Å². The summed E-state index contributed by atoms with van der Waals surface area (Å²) >= 11 is 0. The van der Waals surface area contributed by atoms with Crippen molar-refractivity contribution < 1.29 is 19.1 Å². The molecule has 1 aliphatic rings. The number of carbonyl (C=O) groups excluding carboxylic acids is 3. The number of nitrogens with zero attached hydrogens (tertiary/aromatic N) is 1. The maximum absolute atomic E-state index is 12.6. The normalized spacial score (nSPS) is 15.0. The summed E-state index contributed by atoms with van der Waals surface area (Å²) in [4.78, 5) is 37.4. The van der Waals surface area contributed by atoms with Crippen LogP contribution in [0.5, 0.6) is 5.75 Å². The Balaban J connectivity index is 1.71. The minimum atomic E-state index is -0.206. The number of benzene rings is 2. The summed E-state index contributed by atoms with van der Waals surface area (Å²) in [5, 5.41) is 3.02. The lowest BCUT2D eigenvalue weighted by Crippen LogP contribution is -2.29. The van der Waals surface area contributed by atoms with E-state index in [-0.39, 0.29) is 36.6 Å². The molecule has 1 atom stereocenters. The predicted molar refractivity (Wildman–Crippen MR) is 102 cm³/mol. The Kier molecular flexibility index (Phi) is 5.54. The third kappa shape index (κ3) is 4.00. The fourth-order valence-electron chi connectivity index (χ4n) is 3.13. The molecule has 3 amide bonds. The van der Waals surface area contributed by atoms with E-state index in [1.807, 2.05) is 31.2 Å². The second-order valence-electron chi connectivity index (χ2n) is 6.38. The lowest BCUT2D eigenvalue weighted by Gasteiger charge is -2.18. The van der Waals surface area contributed by atoms with E-state index in [0.717, 1.165) is 17.7 Å². The van der Waals surface area contributed by atoms with E-state index in [2.05, 4.69) is 5.32 Å². The second-order valence-corrected chi connectivity index (χ2v) is 6.38. The van der Waals surface area contributed by atoms with Crippen LogP contribution in [0.2, 0.25) is 0 Å². The third-order valence-corrected chi connectivity index (χ3v) is 4.67. The van der Waals surface area contributed by atoms with Crippen LogP contribution in [-0.4, -0.2) is 24.8 Å². The Hall–Kier alpha value is -3.15. The van der Waals surface area contributed by atoms with Crippen molar-refractivity contribution in [2.75, 3.05) is 12.0 Å². The van der Waals surface area contributed by atoms with Gasteiger partial charge in [-0.15, -0.1) is 0 Å². The fourth-order valence-corrected chi connectivity index (χ4v) is 3.13. The average molecular weight is 366 g/mol. The molecule has 1 N–H and O–H groups in total. The molecule has 0 saturated carbocycles. The van der Waals surface area contributed by atoms with Crippen LogP contribution in [0.15, 0.2) is 48.5 Å². The number of anilines is 1. The molecule has 2 aromatic rings. The summed E-state index contributed by atoms with van der Waals surface area (Å²) < 4.78 is 5.16. The van der Waals surface area contributed by atoms with Crippen LogP contribution in [0.3, 0.4) is 0 Å². The van der Waals surface area contributed by atoms with Crippen molar-refractivity contribution in [1.29, 1.82) is 0 Å². The van der Waals surface area contributed by atoms with E-state index in [0.29, 0.717) is 11.3 Å². The number of amides is 3. The van der Waals surface area contributed by atoms with Gasteiger partial charge in [0.15, 0.2) is 0 Å².